The number of hydrogen-bond acceptors (Lipinski definition) is 3. The quantitative estimate of drug-likeness (QED) is 0.771. The zero-order valence-electron chi connectivity index (χ0n) is 13.9. The Kier molecular flexibility index (Phi) is 6.51. The summed E-state index contributed by atoms with van der Waals surface area (Å²) in [7, 11) is 0. The first-order chi connectivity index (χ1) is 12.0. The molecule has 1 atom stereocenters. The summed E-state index contributed by atoms with van der Waals surface area (Å²) in [4.78, 5) is 23.4. The molecule has 0 aromatic heterocycles. The lowest BCUT2D eigenvalue weighted by Crippen LogP contribution is -2.40. The Balaban J connectivity index is 1.94. The first-order valence-corrected chi connectivity index (χ1v) is 8.01. The number of benzene rings is 2. The summed E-state index contributed by atoms with van der Waals surface area (Å²) in [6.07, 6.45) is 0.690. The highest BCUT2D eigenvalue weighted by atomic mass is 19.1. The number of carbonyl (C=O) groups excluding carboxylic acids is 1. The van der Waals surface area contributed by atoms with Crippen LogP contribution >= 0.6 is 0 Å². The smallest absolute Gasteiger partial charge is 0.346 e. The molecule has 0 fully saturated rings. The van der Waals surface area contributed by atoms with Gasteiger partial charge in [0.2, 0.25) is 6.10 Å². The van der Waals surface area contributed by atoms with Gasteiger partial charge in [0.25, 0.3) is 5.91 Å². The summed E-state index contributed by atoms with van der Waals surface area (Å²) in [5.74, 6) is -1.83. The van der Waals surface area contributed by atoms with Crippen LogP contribution in [-0.4, -0.2) is 29.6 Å². The van der Waals surface area contributed by atoms with Crippen molar-refractivity contribution in [2.24, 2.45) is 0 Å². The van der Waals surface area contributed by atoms with Gasteiger partial charge in [-0.15, -0.1) is 0 Å². The molecule has 25 heavy (non-hydrogen) atoms. The zero-order valence-corrected chi connectivity index (χ0v) is 13.9. The maximum Gasteiger partial charge on any atom is 0.346 e. The van der Waals surface area contributed by atoms with Crippen LogP contribution in [0.3, 0.4) is 0 Å². The molecule has 0 aliphatic heterocycles. The fourth-order valence-corrected chi connectivity index (χ4v) is 2.26. The second-order valence-electron chi connectivity index (χ2n) is 5.56. The van der Waals surface area contributed by atoms with Crippen LogP contribution in [0.5, 0.6) is 5.75 Å². The number of nitrogens with one attached hydrogen (secondary N) is 1. The normalized spacial score (nSPS) is 11.6. The fraction of sp³-hybridized carbons (Fsp3) is 0.263. The van der Waals surface area contributed by atoms with Crippen LogP contribution in [-0.2, 0) is 11.2 Å². The highest BCUT2D eigenvalue weighted by Crippen LogP contribution is 2.13. The van der Waals surface area contributed by atoms with Gasteiger partial charge in [0.1, 0.15) is 11.6 Å². The topological polar surface area (TPSA) is 75.6 Å². The summed E-state index contributed by atoms with van der Waals surface area (Å²) >= 11 is 0. The van der Waals surface area contributed by atoms with Crippen molar-refractivity contribution in [2.75, 3.05) is 6.54 Å². The summed E-state index contributed by atoms with van der Waals surface area (Å²) in [5.41, 5.74) is 1.59. The van der Waals surface area contributed by atoms with Crippen molar-refractivity contribution in [1.82, 2.24) is 5.32 Å². The lowest BCUT2D eigenvalue weighted by atomic mass is 10.1. The largest absolute Gasteiger partial charge is 0.478 e. The number of rotatable bonds is 8. The van der Waals surface area contributed by atoms with E-state index in [2.05, 4.69) is 12.2 Å². The van der Waals surface area contributed by atoms with Gasteiger partial charge in [-0.25, -0.2) is 9.18 Å². The van der Waals surface area contributed by atoms with E-state index in [1.165, 1.54) is 24.3 Å². The number of hydrogen-bond donors (Lipinski definition) is 2. The molecule has 0 saturated carbocycles. The Bertz CT molecular complexity index is 713. The Labute approximate surface area is 145 Å². The molecule has 0 saturated heterocycles. The Morgan fingerprint density at radius 2 is 1.76 bits per heavy atom. The number of carbonyl (C=O) groups is 2. The number of aryl methyl sites for hydroxylation is 1. The molecule has 2 aromatic carbocycles. The molecule has 0 heterocycles. The summed E-state index contributed by atoms with van der Waals surface area (Å²) < 4.78 is 18.2. The third-order valence-corrected chi connectivity index (χ3v) is 3.57. The molecule has 2 aromatic rings. The van der Waals surface area contributed by atoms with Gasteiger partial charge in [0, 0.05) is 5.56 Å². The maximum absolute atomic E-state index is 12.9. The SMILES string of the molecule is CCCc1ccc(C(=O)NCC(Oc2ccc(F)cc2)C(=O)O)cc1. The van der Waals surface area contributed by atoms with E-state index in [1.54, 1.807) is 12.1 Å². The van der Waals surface area contributed by atoms with Crippen LogP contribution in [0.25, 0.3) is 0 Å². The molecule has 2 N–H and O–H groups in total. The Morgan fingerprint density at radius 3 is 2.32 bits per heavy atom. The molecule has 0 aliphatic carbocycles. The minimum absolute atomic E-state index is 0.206. The van der Waals surface area contributed by atoms with Crippen LogP contribution in [0.1, 0.15) is 29.3 Å². The first kappa shape index (κ1) is 18.4. The van der Waals surface area contributed by atoms with Gasteiger partial charge in [0.05, 0.1) is 6.54 Å². The molecule has 1 unspecified atom stereocenters. The predicted octanol–water partition coefficient (Wildman–Crippen LogP) is 3.04. The molecule has 2 rings (SSSR count). The minimum atomic E-state index is -1.27. The standard InChI is InChI=1S/C19H20FNO4/c1-2-3-13-4-6-14(7-5-13)18(22)21-12-17(19(23)24)25-16-10-8-15(20)9-11-16/h4-11,17H,2-3,12H2,1H3,(H,21,22)(H,23,24). The lowest BCUT2D eigenvalue weighted by Gasteiger charge is -2.16. The summed E-state index contributed by atoms with van der Waals surface area (Å²) in [6.45, 7) is 1.87. The van der Waals surface area contributed by atoms with Gasteiger partial charge < -0.3 is 15.2 Å². The third-order valence-electron chi connectivity index (χ3n) is 3.57. The highest BCUT2D eigenvalue weighted by molar-refractivity contribution is 5.94. The molecule has 5 nitrogen and oxygen atoms in total. The number of aliphatic carboxylic acids is 1. The van der Waals surface area contributed by atoms with E-state index in [0.717, 1.165) is 18.4 Å². The van der Waals surface area contributed by atoms with E-state index in [0.29, 0.717) is 5.56 Å². The van der Waals surface area contributed by atoms with Gasteiger partial charge in [0.15, 0.2) is 0 Å². The number of ether oxygens (including phenoxy) is 1. The van der Waals surface area contributed by atoms with Crippen LogP contribution in [0.15, 0.2) is 48.5 Å². The van der Waals surface area contributed by atoms with E-state index >= 15 is 0 Å². The predicted molar refractivity (Wildman–Crippen MR) is 91.2 cm³/mol. The van der Waals surface area contributed by atoms with Crippen molar-refractivity contribution in [3.63, 3.8) is 0 Å². The molecular weight excluding hydrogens is 325 g/mol. The lowest BCUT2D eigenvalue weighted by molar-refractivity contribution is -0.144. The van der Waals surface area contributed by atoms with Crippen molar-refractivity contribution >= 4 is 11.9 Å². The average molecular weight is 345 g/mol. The molecule has 1 amide bonds. The van der Waals surface area contributed by atoms with E-state index in [-0.39, 0.29) is 18.2 Å². The van der Waals surface area contributed by atoms with Gasteiger partial charge in [-0.3, -0.25) is 4.79 Å². The van der Waals surface area contributed by atoms with Crippen molar-refractivity contribution in [3.8, 4) is 5.75 Å². The van der Waals surface area contributed by atoms with Crippen molar-refractivity contribution in [1.29, 1.82) is 0 Å². The number of carboxylic acid groups (broad SMARTS) is 1. The van der Waals surface area contributed by atoms with E-state index < -0.39 is 17.9 Å². The number of amides is 1. The van der Waals surface area contributed by atoms with E-state index in [4.69, 9.17) is 4.74 Å². The summed E-state index contributed by atoms with van der Waals surface area (Å²) in [6, 6.07) is 12.2. The number of halogens is 1. The second-order valence-corrected chi connectivity index (χ2v) is 5.56. The molecule has 0 bridgehead atoms. The van der Waals surface area contributed by atoms with Gasteiger partial charge in [-0.2, -0.15) is 0 Å². The molecule has 132 valence electrons. The molecular formula is C19H20FNO4. The van der Waals surface area contributed by atoms with Gasteiger partial charge in [-0.1, -0.05) is 25.5 Å². The van der Waals surface area contributed by atoms with Crippen LogP contribution in [0.4, 0.5) is 4.39 Å². The third kappa shape index (κ3) is 5.60. The molecule has 0 spiro atoms. The highest BCUT2D eigenvalue weighted by Gasteiger charge is 2.20. The van der Waals surface area contributed by atoms with Crippen molar-refractivity contribution in [2.45, 2.75) is 25.9 Å². The first-order valence-electron chi connectivity index (χ1n) is 8.01. The Hall–Kier alpha value is -2.89. The van der Waals surface area contributed by atoms with Crippen LogP contribution in [0.2, 0.25) is 0 Å². The van der Waals surface area contributed by atoms with E-state index in [9.17, 15) is 19.1 Å². The van der Waals surface area contributed by atoms with Crippen molar-refractivity contribution in [3.05, 3.63) is 65.5 Å². The van der Waals surface area contributed by atoms with Crippen LogP contribution in [0, 0.1) is 5.82 Å². The molecule has 0 radical (unpaired) electrons. The monoisotopic (exact) mass is 345 g/mol. The van der Waals surface area contributed by atoms with Crippen LogP contribution < -0.4 is 10.1 Å². The molecule has 6 heteroatoms. The van der Waals surface area contributed by atoms with E-state index in [1.807, 2.05) is 12.1 Å². The minimum Gasteiger partial charge on any atom is -0.478 e. The van der Waals surface area contributed by atoms with Crippen molar-refractivity contribution < 1.29 is 23.8 Å². The molecule has 0 aliphatic rings. The second kappa shape index (κ2) is 8.82. The maximum atomic E-state index is 12.9. The average Bonchev–Trinajstić information content (AvgIpc) is 2.60. The summed E-state index contributed by atoms with van der Waals surface area (Å²) in [5, 5.41) is 11.8. The number of carboxylic acids is 1. The van der Waals surface area contributed by atoms with Gasteiger partial charge in [-0.05, 0) is 48.4 Å². The zero-order chi connectivity index (χ0) is 18.2. The van der Waals surface area contributed by atoms with Gasteiger partial charge >= 0.3 is 5.97 Å². The Morgan fingerprint density at radius 1 is 1.12 bits per heavy atom. The fourth-order valence-electron chi connectivity index (χ4n) is 2.26.